The van der Waals surface area contributed by atoms with Gasteiger partial charge in [-0.2, -0.15) is 10.2 Å². The molecular weight excluding hydrogens is 497 g/mol. The van der Waals surface area contributed by atoms with Gasteiger partial charge in [0.25, 0.3) is 5.91 Å². The highest BCUT2D eigenvalue weighted by Gasteiger charge is 2.26. The van der Waals surface area contributed by atoms with E-state index in [4.69, 9.17) is 42.1 Å². The van der Waals surface area contributed by atoms with Crippen LogP contribution in [-0.2, 0) is 9.59 Å². The van der Waals surface area contributed by atoms with E-state index in [1.807, 2.05) is 13.8 Å². The summed E-state index contributed by atoms with van der Waals surface area (Å²) in [7, 11) is 0. The summed E-state index contributed by atoms with van der Waals surface area (Å²) in [6.45, 7) is 9.89. The molecule has 1 N–H and O–H groups in total. The number of Topliss-reactive ketones (excluding diaryl/α,β-unsaturated/α-hetero) is 1. The van der Waals surface area contributed by atoms with Gasteiger partial charge in [0.1, 0.15) is 17.2 Å². The van der Waals surface area contributed by atoms with E-state index in [9.17, 15) is 9.59 Å². The lowest BCUT2D eigenvalue weighted by atomic mass is 10.2. The summed E-state index contributed by atoms with van der Waals surface area (Å²) in [6.07, 6.45) is 0. The summed E-state index contributed by atoms with van der Waals surface area (Å²) < 4.78 is 22.1. The third-order valence-corrected chi connectivity index (χ3v) is 4.95. The Morgan fingerprint density at radius 3 is 1.89 bits per heavy atom. The van der Waals surface area contributed by atoms with Gasteiger partial charge in [-0.05, 0) is 34.6 Å². The van der Waals surface area contributed by atoms with Crippen LogP contribution in [0.1, 0.15) is 34.6 Å². The molecule has 1 unspecified atom stereocenters. The summed E-state index contributed by atoms with van der Waals surface area (Å²) in [5.41, 5.74) is 0.462. The first-order valence-corrected chi connectivity index (χ1v) is 11.9. The smallest absolute Gasteiger partial charge is 0.258 e. The van der Waals surface area contributed by atoms with E-state index in [1.54, 1.807) is 38.1 Å². The number of carbonyl (C=O) groups is 2. The zero-order valence-electron chi connectivity index (χ0n) is 20.3. The Kier molecular flexibility index (Phi) is 11.1. The third-order valence-electron chi connectivity index (χ3n) is 4.39. The number of halogens is 2. The van der Waals surface area contributed by atoms with Crippen molar-refractivity contribution in [3.8, 4) is 23.0 Å². The van der Waals surface area contributed by atoms with Gasteiger partial charge in [-0.3, -0.25) is 9.59 Å². The van der Waals surface area contributed by atoms with Gasteiger partial charge in [0, 0.05) is 24.3 Å². The zero-order chi connectivity index (χ0) is 26.0. The quantitative estimate of drug-likeness (QED) is 0.244. The standard InChI is InChI=1S/C24H29Cl2N3O6/c1-6-32-15-10-17(25)22(34-8-3)19(12-15)27-24(31)21(14(5)30)29-28-20-13-16(33-7-2)11-18(26)23(20)35-9-4/h10-13,21H,6-9H2,1-5H3,(H,27,31). The summed E-state index contributed by atoms with van der Waals surface area (Å²) >= 11 is 12.6. The Morgan fingerprint density at radius 2 is 1.34 bits per heavy atom. The van der Waals surface area contributed by atoms with Crippen LogP contribution >= 0.6 is 23.2 Å². The molecule has 0 spiro atoms. The number of ketones is 1. The fourth-order valence-corrected chi connectivity index (χ4v) is 3.53. The maximum atomic E-state index is 13.1. The number of azo groups is 1. The largest absolute Gasteiger partial charge is 0.494 e. The third kappa shape index (κ3) is 7.73. The normalized spacial score (nSPS) is 11.7. The highest BCUT2D eigenvalue weighted by Crippen LogP contribution is 2.40. The molecule has 0 aliphatic carbocycles. The Morgan fingerprint density at radius 1 is 0.829 bits per heavy atom. The van der Waals surface area contributed by atoms with Crippen molar-refractivity contribution < 1.29 is 28.5 Å². The molecule has 35 heavy (non-hydrogen) atoms. The van der Waals surface area contributed by atoms with Gasteiger partial charge >= 0.3 is 0 Å². The van der Waals surface area contributed by atoms with Gasteiger partial charge < -0.3 is 24.3 Å². The van der Waals surface area contributed by atoms with Crippen molar-refractivity contribution >= 4 is 46.3 Å². The zero-order valence-corrected chi connectivity index (χ0v) is 21.8. The van der Waals surface area contributed by atoms with Crippen molar-refractivity contribution in [1.29, 1.82) is 0 Å². The number of rotatable bonds is 13. The lowest BCUT2D eigenvalue weighted by Crippen LogP contribution is -2.32. The van der Waals surface area contributed by atoms with Crippen molar-refractivity contribution in [2.45, 2.75) is 40.7 Å². The van der Waals surface area contributed by atoms with Gasteiger partial charge in [-0.15, -0.1) is 0 Å². The number of hydrogen-bond donors (Lipinski definition) is 1. The van der Waals surface area contributed by atoms with Crippen LogP contribution in [0.5, 0.6) is 23.0 Å². The molecule has 9 nitrogen and oxygen atoms in total. The summed E-state index contributed by atoms with van der Waals surface area (Å²) in [5, 5.41) is 11.3. The fraction of sp³-hybridized carbons (Fsp3) is 0.417. The number of nitrogens with zero attached hydrogens (tertiary/aromatic N) is 2. The molecule has 0 aliphatic heterocycles. The van der Waals surface area contributed by atoms with E-state index in [0.717, 1.165) is 0 Å². The van der Waals surface area contributed by atoms with E-state index in [1.165, 1.54) is 6.92 Å². The number of carbonyl (C=O) groups excluding carboxylic acids is 2. The number of hydrogen-bond acceptors (Lipinski definition) is 8. The molecule has 0 aliphatic rings. The second-order valence-corrected chi connectivity index (χ2v) is 7.80. The van der Waals surface area contributed by atoms with Crippen LogP contribution in [0.15, 0.2) is 34.5 Å². The van der Waals surface area contributed by atoms with Crippen molar-refractivity contribution in [3.63, 3.8) is 0 Å². The first kappa shape index (κ1) is 28.2. The highest BCUT2D eigenvalue weighted by molar-refractivity contribution is 6.33. The van der Waals surface area contributed by atoms with Gasteiger partial charge in [-0.1, -0.05) is 23.2 Å². The minimum Gasteiger partial charge on any atom is -0.494 e. The summed E-state index contributed by atoms with van der Waals surface area (Å²) in [4.78, 5) is 25.4. The number of benzene rings is 2. The molecule has 0 aromatic heterocycles. The van der Waals surface area contributed by atoms with E-state index < -0.39 is 17.7 Å². The molecule has 1 atom stereocenters. The van der Waals surface area contributed by atoms with Crippen molar-refractivity contribution in [2.24, 2.45) is 10.2 Å². The van der Waals surface area contributed by atoms with Crippen LogP contribution < -0.4 is 24.3 Å². The molecule has 1 amide bonds. The number of nitrogens with one attached hydrogen (secondary N) is 1. The van der Waals surface area contributed by atoms with E-state index in [0.29, 0.717) is 37.9 Å². The number of ether oxygens (including phenoxy) is 4. The van der Waals surface area contributed by atoms with E-state index in [-0.39, 0.29) is 32.9 Å². The van der Waals surface area contributed by atoms with E-state index in [2.05, 4.69) is 15.5 Å². The number of amides is 1. The average Bonchev–Trinajstić information content (AvgIpc) is 2.78. The first-order valence-electron chi connectivity index (χ1n) is 11.2. The van der Waals surface area contributed by atoms with Crippen LogP contribution in [0, 0.1) is 0 Å². The second-order valence-electron chi connectivity index (χ2n) is 6.99. The average molecular weight is 526 g/mol. The molecule has 0 bridgehead atoms. The topological polar surface area (TPSA) is 108 Å². The van der Waals surface area contributed by atoms with Gasteiger partial charge in [-0.25, -0.2) is 0 Å². The Hall–Kier alpha value is -3.04. The van der Waals surface area contributed by atoms with Crippen molar-refractivity contribution in [1.82, 2.24) is 0 Å². The van der Waals surface area contributed by atoms with Gasteiger partial charge in [0.05, 0.1) is 42.2 Å². The van der Waals surface area contributed by atoms with Crippen LogP contribution in [0.3, 0.4) is 0 Å². The molecule has 11 heteroatoms. The predicted octanol–water partition coefficient (Wildman–Crippen LogP) is 6.27. The lowest BCUT2D eigenvalue weighted by molar-refractivity contribution is -0.126. The Bertz CT molecular complexity index is 1080. The molecule has 2 rings (SSSR count). The van der Waals surface area contributed by atoms with Gasteiger partial charge in [0.15, 0.2) is 17.3 Å². The maximum Gasteiger partial charge on any atom is 0.258 e. The van der Waals surface area contributed by atoms with Crippen LogP contribution in [0.25, 0.3) is 0 Å². The molecule has 2 aromatic rings. The predicted molar refractivity (Wildman–Crippen MR) is 135 cm³/mol. The Labute approximate surface area is 214 Å². The molecule has 0 radical (unpaired) electrons. The SMILES string of the molecule is CCOc1cc(Cl)c(OCC)c(N=NC(C(C)=O)C(=O)Nc2cc(OCC)cc(Cl)c2OCC)c1. The maximum absolute atomic E-state index is 13.1. The fourth-order valence-electron chi connectivity index (χ4n) is 3.01. The summed E-state index contributed by atoms with van der Waals surface area (Å²) in [5.74, 6) is 0.139. The van der Waals surface area contributed by atoms with Crippen LogP contribution in [-0.4, -0.2) is 44.2 Å². The van der Waals surface area contributed by atoms with Gasteiger partial charge in [0.2, 0.25) is 6.04 Å². The van der Waals surface area contributed by atoms with Crippen LogP contribution in [0.2, 0.25) is 10.0 Å². The van der Waals surface area contributed by atoms with Crippen molar-refractivity contribution in [2.75, 3.05) is 31.7 Å². The molecule has 190 valence electrons. The first-order chi connectivity index (χ1) is 16.7. The second kappa shape index (κ2) is 13.7. The molecule has 0 fully saturated rings. The Balaban J connectivity index is 2.41. The highest BCUT2D eigenvalue weighted by atomic mass is 35.5. The van der Waals surface area contributed by atoms with Crippen LogP contribution in [0.4, 0.5) is 11.4 Å². The molecule has 0 saturated carbocycles. The number of anilines is 1. The summed E-state index contributed by atoms with van der Waals surface area (Å²) in [6, 6.07) is 4.85. The minimum absolute atomic E-state index is 0.221. The molecule has 2 aromatic carbocycles. The minimum atomic E-state index is -1.46. The lowest BCUT2D eigenvalue weighted by Gasteiger charge is -2.16. The molecule has 0 heterocycles. The molecular formula is C24H29Cl2N3O6. The van der Waals surface area contributed by atoms with E-state index >= 15 is 0 Å². The molecule has 0 saturated heterocycles. The monoisotopic (exact) mass is 525 g/mol. The van der Waals surface area contributed by atoms with Crippen molar-refractivity contribution in [3.05, 3.63) is 34.3 Å².